The number of aliphatic hydroxyl groups excluding tert-OH is 2. The van der Waals surface area contributed by atoms with Gasteiger partial charge in [-0.15, -0.1) is 0 Å². The minimum absolute atomic E-state index is 0.127. The Morgan fingerprint density at radius 1 is 0.880 bits per heavy atom. The fourth-order valence-electron chi connectivity index (χ4n) is 3.24. The molecule has 4 nitrogen and oxygen atoms in total. The Morgan fingerprint density at radius 2 is 1.52 bits per heavy atom. The maximum absolute atomic E-state index is 9.52. The van der Waals surface area contributed by atoms with Crippen molar-refractivity contribution in [2.24, 2.45) is 0 Å². The first-order valence-corrected chi connectivity index (χ1v) is 8.44. The minimum atomic E-state index is -0.714. The first-order chi connectivity index (χ1) is 12.1. The minimum Gasteiger partial charge on any atom is -0.455 e. The molecule has 3 N–H and O–H groups in total. The van der Waals surface area contributed by atoms with Crippen LogP contribution >= 0.6 is 0 Å². The monoisotopic (exact) mass is 335 g/mol. The molecule has 1 aromatic heterocycles. The number of rotatable bonds is 5. The number of fused-ring (bicyclic) bond motifs is 5. The van der Waals surface area contributed by atoms with Crippen LogP contribution in [0.15, 0.2) is 59.0 Å². The van der Waals surface area contributed by atoms with E-state index in [0.717, 1.165) is 38.3 Å². The molecule has 0 fully saturated rings. The van der Waals surface area contributed by atoms with Gasteiger partial charge in [0.25, 0.3) is 0 Å². The third-order valence-corrected chi connectivity index (χ3v) is 4.87. The summed E-state index contributed by atoms with van der Waals surface area (Å²) in [6, 6.07) is 18.4. The lowest BCUT2D eigenvalue weighted by Crippen LogP contribution is -2.48. The van der Waals surface area contributed by atoms with Crippen LogP contribution in [0.1, 0.15) is 12.5 Å². The normalized spacial score (nSPS) is 12.4. The van der Waals surface area contributed by atoms with Crippen molar-refractivity contribution in [1.29, 1.82) is 0 Å². The molecule has 0 aliphatic heterocycles. The van der Waals surface area contributed by atoms with Gasteiger partial charge in [0.1, 0.15) is 11.2 Å². The molecule has 4 aromatic rings. The molecule has 0 radical (unpaired) electrons. The summed E-state index contributed by atoms with van der Waals surface area (Å²) in [5.41, 5.74) is 2.17. The maximum Gasteiger partial charge on any atom is 0.143 e. The van der Waals surface area contributed by atoms with Crippen LogP contribution in [0, 0.1) is 0 Å². The molecular weight excluding hydrogens is 314 g/mol. The zero-order valence-electron chi connectivity index (χ0n) is 14.1. The highest BCUT2D eigenvalue weighted by molar-refractivity contribution is 6.15. The SMILES string of the molecule is CC(CO)(CO)NCc1cc2c3ccccc3oc2c2ccccc12. The zero-order chi connectivity index (χ0) is 17.4. The van der Waals surface area contributed by atoms with Gasteiger partial charge in [-0.2, -0.15) is 0 Å². The number of aliphatic hydroxyl groups is 2. The molecule has 4 heteroatoms. The van der Waals surface area contributed by atoms with Crippen LogP contribution in [0.5, 0.6) is 0 Å². The highest BCUT2D eigenvalue weighted by Gasteiger charge is 2.22. The van der Waals surface area contributed by atoms with Crippen molar-refractivity contribution in [1.82, 2.24) is 5.32 Å². The lowest BCUT2D eigenvalue weighted by atomic mass is 9.98. The molecule has 0 bridgehead atoms. The Morgan fingerprint density at radius 3 is 2.24 bits per heavy atom. The second-order valence-electron chi connectivity index (χ2n) is 6.79. The van der Waals surface area contributed by atoms with E-state index in [1.807, 2.05) is 30.3 Å². The number of para-hydroxylation sites is 1. The van der Waals surface area contributed by atoms with Gasteiger partial charge >= 0.3 is 0 Å². The summed E-state index contributed by atoms with van der Waals surface area (Å²) in [5.74, 6) is 0. The van der Waals surface area contributed by atoms with Crippen LogP contribution < -0.4 is 5.32 Å². The molecule has 0 aliphatic carbocycles. The molecular formula is C21H21NO3. The van der Waals surface area contributed by atoms with Crippen LogP contribution in [0.4, 0.5) is 0 Å². The van der Waals surface area contributed by atoms with Crippen molar-refractivity contribution in [3.05, 3.63) is 60.2 Å². The van der Waals surface area contributed by atoms with E-state index in [4.69, 9.17) is 4.42 Å². The third kappa shape index (κ3) is 2.68. The first-order valence-electron chi connectivity index (χ1n) is 8.44. The van der Waals surface area contributed by atoms with Crippen molar-refractivity contribution in [2.75, 3.05) is 13.2 Å². The molecule has 0 amide bonds. The summed E-state index contributed by atoms with van der Waals surface area (Å²) in [6.45, 7) is 2.10. The number of benzene rings is 3. The predicted molar refractivity (Wildman–Crippen MR) is 101 cm³/mol. The lowest BCUT2D eigenvalue weighted by molar-refractivity contribution is 0.103. The zero-order valence-corrected chi connectivity index (χ0v) is 14.1. The lowest BCUT2D eigenvalue weighted by Gasteiger charge is -2.26. The van der Waals surface area contributed by atoms with E-state index < -0.39 is 5.54 Å². The highest BCUT2D eigenvalue weighted by Crippen LogP contribution is 2.35. The highest BCUT2D eigenvalue weighted by atomic mass is 16.3. The molecule has 0 saturated carbocycles. The summed E-state index contributed by atoms with van der Waals surface area (Å²) in [7, 11) is 0. The second-order valence-corrected chi connectivity index (χ2v) is 6.79. The van der Waals surface area contributed by atoms with Crippen LogP contribution in [-0.2, 0) is 6.54 Å². The summed E-state index contributed by atoms with van der Waals surface area (Å²) >= 11 is 0. The molecule has 0 aliphatic rings. The quantitative estimate of drug-likeness (QED) is 0.522. The van der Waals surface area contributed by atoms with Gasteiger partial charge < -0.3 is 19.9 Å². The Bertz CT molecular complexity index is 1050. The van der Waals surface area contributed by atoms with E-state index in [2.05, 4.69) is 29.6 Å². The second kappa shape index (κ2) is 6.15. The van der Waals surface area contributed by atoms with Gasteiger partial charge in [0.2, 0.25) is 0 Å². The van der Waals surface area contributed by atoms with E-state index >= 15 is 0 Å². The summed E-state index contributed by atoms with van der Waals surface area (Å²) in [4.78, 5) is 0. The Balaban J connectivity index is 1.91. The Hall–Kier alpha value is -2.40. The van der Waals surface area contributed by atoms with Gasteiger partial charge in [-0.05, 0) is 30.0 Å². The predicted octanol–water partition coefficient (Wildman–Crippen LogP) is 3.57. The van der Waals surface area contributed by atoms with Crippen molar-refractivity contribution in [3.8, 4) is 0 Å². The molecule has 1 heterocycles. The van der Waals surface area contributed by atoms with Crippen LogP contribution in [-0.4, -0.2) is 29.0 Å². The molecule has 0 atom stereocenters. The van der Waals surface area contributed by atoms with E-state index in [9.17, 15) is 10.2 Å². The Kier molecular flexibility index (Phi) is 3.96. The molecule has 0 saturated heterocycles. The number of hydrogen-bond acceptors (Lipinski definition) is 4. The van der Waals surface area contributed by atoms with E-state index in [1.54, 1.807) is 6.92 Å². The smallest absolute Gasteiger partial charge is 0.143 e. The van der Waals surface area contributed by atoms with E-state index in [1.165, 1.54) is 0 Å². The van der Waals surface area contributed by atoms with E-state index in [-0.39, 0.29) is 13.2 Å². The van der Waals surface area contributed by atoms with Crippen LogP contribution in [0.2, 0.25) is 0 Å². The number of hydrogen-bond donors (Lipinski definition) is 3. The van der Waals surface area contributed by atoms with Gasteiger partial charge in [0, 0.05) is 22.7 Å². The van der Waals surface area contributed by atoms with Crippen molar-refractivity contribution < 1.29 is 14.6 Å². The Labute approximate surface area is 145 Å². The summed E-state index contributed by atoms with van der Waals surface area (Å²) in [6.07, 6.45) is 0. The number of nitrogens with one attached hydrogen (secondary N) is 1. The standard InChI is InChI=1S/C21H21NO3/c1-21(12-23,13-24)22-11-14-10-18-16-7-4-5-9-19(16)25-20(18)17-8-3-2-6-15(14)17/h2-10,22-24H,11-13H2,1H3. The van der Waals surface area contributed by atoms with Gasteiger partial charge in [-0.25, -0.2) is 0 Å². The van der Waals surface area contributed by atoms with Crippen molar-refractivity contribution >= 4 is 32.7 Å². The third-order valence-electron chi connectivity index (χ3n) is 4.87. The van der Waals surface area contributed by atoms with Gasteiger partial charge in [-0.3, -0.25) is 0 Å². The van der Waals surface area contributed by atoms with E-state index in [0.29, 0.717) is 6.54 Å². The molecule has 0 spiro atoms. The topological polar surface area (TPSA) is 65.6 Å². The van der Waals surface area contributed by atoms with Gasteiger partial charge in [-0.1, -0.05) is 42.5 Å². The van der Waals surface area contributed by atoms with Gasteiger partial charge in [0.15, 0.2) is 0 Å². The summed E-state index contributed by atoms with van der Waals surface area (Å²) < 4.78 is 6.11. The van der Waals surface area contributed by atoms with Crippen molar-refractivity contribution in [2.45, 2.75) is 19.0 Å². The number of furan rings is 1. The molecule has 0 unspecified atom stereocenters. The fraction of sp³-hybridized carbons (Fsp3) is 0.238. The molecule has 4 rings (SSSR count). The maximum atomic E-state index is 9.52. The van der Waals surface area contributed by atoms with Crippen LogP contribution in [0.3, 0.4) is 0 Å². The van der Waals surface area contributed by atoms with Crippen molar-refractivity contribution in [3.63, 3.8) is 0 Å². The average molecular weight is 335 g/mol. The molecule has 25 heavy (non-hydrogen) atoms. The molecule has 128 valence electrons. The largest absolute Gasteiger partial charge is 0.455 e. The summed E-state index contributed by atoms with van der Waals surface area (Å²) in [5, 5.41) is 26.7. The first kappa shape index (κ1) is 16.1. The average Bonchev–Trinajstić information content (AvgIpc) is 3.05. The molecule has 3 aromatic carbocycles. The van der Waals surface area contributed by atoms with Gasteiger partial charge in [0.05, 0.1) is 18.8 Å². The van der Waals surface area contributed by atoms with Crippen LogP contribution in [0.25, 0.3) is 32.7 Å². The fourth-order valence-corrected chi connectivity index (χ4v) is 3.24.